The molecular formula is C16H19NO2S. The Kier molecular flexibility index (Phi) is 4.45. The average molecular weight is 289 g/mol. The summed E-state index contributed by atoms with van der Waals surface area (Å²) in [6.45, 7) is 4.21. The SMILES string of the molecule is COc1cc(N)c(Sc2ccc(C)c(C)c2)cc1OC. The second-order valence-corrected chi connectivity index (χ2v) is 5.71. The van der Waals surface area contributed by atoms with Crippen LogP contribution in [0.1, 0.15) is 11.1 Å². The number of benzene rings is 2. The summed E-state index contributed by atoms with van der Waals surface area (Å²) in [5.41, 5.74) is 9.32. The van der Waals surface area contributed by atoms with Gasteiger partial charge < -0.3 is 15.2 Å². The molecule has 0 unspecified atom stereocenters. The van der Waals surface area contributed by atoms with E-state index in [1.54, 1.807) is 32.0 Å². The Balaban J connectivity index is 2.35. The van der Waals surface area contributed by atoms with Crippen molar-refractivity contribution in [2.75, 3.05) is 20.0 Å². The van der Waals surface area contributed by atoms with Crippen LogP contribution in [0.3, 0.4) is 0 Å². The van der Waals surface area contributed by atoms with Gasteiger partial charge in [0.05, 0.1) is 14.2 Å². The van der Waals surface area contributed by atoms with Crippen LogP contribution in [0.2, 0.25) is 0 Å². The molecule has 0 aliphatic rings. The molecule has 0 fully saturated rings. The minimum absolute atomic E-state index is 0.648. The topological polar surface area (TPSA) is 44.5 Å². The first-order chi connectivity index (χ1) is 9.55. The highest BCUT2D eigenvalue weighted by Crippen LogP contribution is 2.40. The zero-order valence-corrected chi connectivity index (χ0v) is 13.0. The maximum atomic E-state index is 6.08. The van der Waals surface area contributed by atoms with Crippen molar-refractivity contribution in [2.45, 2.75) is 23.6 Å². The first-order valence-corrected chi connectivity index (χ1v) is 7.13. The third-order valence-electron chi connectivity index (χ3n) is 3.22. The second-order valence-electron chi connectivity index (χ2n) is 4.59. The summed E-state index contributed by atoms with van der Waals surface area (Å²) in [5, 5.41) is 0. The molecule has 0 saturated carbocycles. The van der Waals surface area contributed by atoms with E-state index in [4.69, 9.17) is 15.2 Å². The molecule has 0 spiro atoms. The van der Waals surface area contributed by atoms with Crippen LogP contribution in [-0.4, -0.2) is 14.2 Å². The van der Waals surface area contributed by atoms with Crippen LogP contribution in [0, 0.1) is 13.8 Å². The number of ether oxygens (including phenoxy) is 2. The Hall–Kier alpha value is -1.81. The molecule has 0 heterocycles. The lowest BCUT2D eigenvalue weighted by Crippen LogP contribution is -1.95. The number of hydrogen-bond donors (Lipinski definition) is 1. The van der Waals surface area contributed by atoms with Crippen molar-refractivity contribution >= 4 is 17.4 Å². The fourth-order valence-electron chi connectivity index (χ4n) is 1.87. The highest BCUT2D eigenvalue weighted by Gasteiger charge is 2.10. The number of nitrogens with two attached hydrogens (primary N) is 1. The molecule has 0 bridgehead atoms. The molecule has 2 aromatic carbocycles. The molecule has 2 N–H and O–H groups in total. The van der Waals surface area contributed by atoms with Gasteiger partial charge in [-0.2, -0.15) is 0 Å². The Labute approximate surface area is 124 Å². The molecule has 106 valence electrons. The maximum Gasteiger partial charge on any atom is 0.162 e. The van der Waals surface area contributed by atoms with Crippen molar-refractivity contribution in [1.29, 1.82) is 0 Å². The number of rotatable bonds is 4. The first kappa shape index (κ1) is 14.6. The van der Waals surface area contributed by atoms with E-state index in [1.165, 1.54) is 11.1 Å². The number of nitrogen functional groups attached to an aromatic ring is 1. The standard InChI is InChI=1S/C16H19NO2S/c1-10-5-6-12(7-11(10)2)20-16-9-15(19-4)14(18-3)8-13(16)17/h5-9H,17H2,1-4H3. The van der Waals surface area contributed by atoms with Crippen molar-refractivity contribution in [3.05, 3.63) is 41.5 Å². The molecule has 2 aromatic rings. The molecule has 0 atom stereocenters. The lowest BCUT2D eigenvalue weighted by Gasteiger charge is -2.12. The highest BCUT2D eigenvalue weighted by molar-refractivity contribution is 7.99. The van der Waals surface area contributed by atoms with Crippen molar-refractivity contribution in [3.8, 4) is 11.5 Å². The van der Waals surface area contributed by atoms with Crippen molar-refractivity contribution in [2.24, 2.45) is 0 Å². The fraction of sp³-hybridized carbons (Fsp3) is 0.250. The summed E-state index contributed by atoms with van der Waals surface area (Å²) in [6.07, 6.45) is 0. The Morgan fingerprint density at radius 2 is 1.55 bits per heavy atom. The van der Waals surface area contributed by atoms with Crippen LogP contribution in [0.25, 0.3) is 0 Å². The van der Waals surface area contributed by atoms with Crippen molar-refractivity contribution < 1.29 is 9.47 Å². The van der Waals surface area contributed by atoms with E-state index in [2.05, 4.69) is 32.0 Å². The quantitative estimate of drug-likeness (QED) is 0.862. The predicted octanol–water partition coefficient (Wildman–Crippen LogP) is 4.05. The first-order valence-electron chi connectivity index (χ1n) is 6.31. The molecule has 0 aromatic heterocycles. The van der Waals surface area contributed by atoms with Gasteiger partial charge in [0.1, 0.15) is 0 Å². The lowest BCUT2D eigenvalue weighted by atomic mass is 10.1. The number of methoxy groups -OCH3 is 2. The van der Waals surface area contributed by atoms with Gasteiger partial charge in [-0.25, -0.2) is 0 Å². The molecule has 0 amide bonds. The Bertz CT molecular complexity index is 626. The van der Waals surface area contributed by atoms with E-state index < -0.39 is 0 Å². The van der Waals surface area contributed by atoms with Crippen LogP contribution in [0.4, 0.5) is 5.69 Å². The third kappa shape index (κ3) is 3.02. The third-order valence-corrected chi connectivity index (χ3v) is 4.29. The fourth-order valence-corrected chi connectivity index (χ4v) is 2.84. The highest BCUT2D eigenvalue weighted by atomic mass is 32.2. The smallest absolute Gasteiger partial charge is 0.162 e. The Morgan fingerprint density at radius 1 is 0.900 bits per heavy atom. The molecular weight excluding hydrogens is 270 g/mol. The largest absolute Gasteiger partial charge is 0.493 e. The van der Waals surface area contributed by atoms with Gasteiger partial charge in [0.15, 0.2) is 11.5 Å². The van der Waals surface area contributed by atoms with Gasteiger partial charge in [0.25, 0.3) is 0 Å². The number of aryl methyl sites for hydroxylation is 2. The average Bonchev–Trinajstić information content (AvgIpc) is 2.44. The van der Waals surface area contributed by atoms with Gasteiger partial charge in [0, 0.05) is 21.5 Å². The van der Waals surface area contributed by atoms with Crippen LogP contribution < -0.4 is 15.2 Å². The van der Waals surface area contributed by atoms with Crippen LogP contribution in [-0.2, 0) is 0 Å². The van der Waals surface area contributed by atoms with E-state index in [0.717, 1.165) is 9.79 Å². The summed E-state index contributed by atoms with van der Waals surface area (Å²) >= 11 is 1.63. The molecule has 0 aliphatic heterocycles. The summed E-state index contributed by atoms with van der Waals surface area (Å²) in [7, 11) is 3.23. The molecule has 2 rings (SSSR count). The normalized spacial score (nSPS) is 10.4. The lowest BCUT2D eigenvalue weighted by molar-refractivity contribution is 0.354. The molecule has 0 aliphatic carbocycles. The van der Waals surface area contributed by atoms with Gasteiger partial charge in [-0.15, -0.1) is 0 Å². The van der Waals surface area contributed by atoms with Crippen molar-refractivity contribution in [3.63, 3.8) is 0 Å². The summed E-state index contributed by atoms with van der Waals surface area (Å²) in [6, 6.07) is 10.1. The summed E-state index contributed by atoms with van der Waals surface area (Å²) in [5.74, 6) is 1.34. The van der Waals surface area contributed by atoms with Crippen molar-refractivity contribution in [1.82, 2.24) is 0 Å². The van der Waals surface area contributed by atoms with Gasteiger partial charge in [-0.05, 0) is 43.2 Å². The van der Waals surface area contributed by atoms with Gasteiger partial charge >= 0.3 is 0 Å². The van der Waals surface area contributed by atoms with Crippen LogP contribution in [0.5, 0.6) is 11.5 Å². The molecule has 3 nitrogen and oxygen atoms in total. The van der Waals surface area contributed by atoms with Crippen LogP contribution >= 0.6 is 11.8 Å². The molecule has 4 heteroatoms. The zero-order chi connectivity index (χ0) is 14.7. The minimum Gasteiger partial charge on any atom is -0.493 e. The van der Waals surface area contributed by atoms with Gasteiger partial charge in [-0.3, -0.25) is 0 Å². The summed E-state index contributed by atoms with van der Waals surface area (Å²) in [4.78, 5) is 2.12. The number of hydrogen-bond acceptors (Lipinski definition) is 4. The van der Waals surface area contributed by atoms with Gasteiger partial charge in [0.2, 0.25) is 0 Å². The molecule has 20 heavy (non-hydrogen) atoms. The monoisotopic (exact) mass is 289 g/mol. The van der Waals surface area contributed by atoms with Crippen LogP contribution in [0.15, 0.2) is 40.1 Å². The number of anilines is 1. The zero-order valence-electron chi connectivity index (χ0n) is 12.2. The van der Waals surface area contributed by atoms with E-state index in [9.17, 15) is 0 Å². The second kappa shape index (κ2) is 6.09. The molecule has 0 saturated heterocycles. The van der Waals surface area contributed by atoms with E-state index >= 15 is 0 Å². The van der Waals surface area contributed by atoms with Gasteiger partial charge in [-0.1, -0.05) is 17.8 Å². The van der Waals surface area contributed by atoms with E-state index in [1.807, 2.05) is 6.07 Å². The maximum absolute atomic E-state index is 6.08. The minimum atomic E-state index is 0.648. The van der Waals surface area contributed by atoms with E-state index in [-0.39, 0.29) is 0 Å². The predicted molar refractivity (Wildman–Crippen MR) is 84.0 cm³/mol. The summed E-state index contributed by atoms with van der Waals surface area (Å²) < 4.78 is 10.6. The molecule has 0 radical (unpaired) electrons. The Morgan fingerprint density at radius 3 is 2.15 bits per heavy atom. The van der Waals surface area contributed by atoms with E-state index in [0.29, 0.717) is 17.2 Å².